The van der Waals surface area contributed by atoms with Crippen molar-refractivity contribution in [3.63, 3.8) is 0 Å². The summed E-state index contributed by atoms with van der Waals surface area (Å²) < 4.78 is 11.6. The smallest absolute Gasteiger partial charge is 0.292 e. The number of benzene rings is 1. The molecular weight excluding hydrogens is 438 g/mol. The first kappa shape index (κ1) is 23.4. The molecule has 3 N–H and O–H groups in total. The van der Waals surface area contributed by atoms with Gasteiger partial charge in [0.2, 0.25) is 11.6 Å². The van der Waals surface area contributed by atoms with Gasteiger partial charge in [-0.25, -0.2) is 10.1 Å². The topological polar surface area (TPSA) is 150 Å². The molecule has 1 aliphatic heterocycles. The van der Waals surface area contributed by atoms with Crippen molar-refractivity contribution >= 4 is 17.9 Å². The highest BCUT2D eigenvalue weighted by molar-refractivity contribution is 5.95. The minimum atomic E-state index is -0.491. The second-order valence-electron chi connectivity index (χ2n) is 8.08. The predicted molar refractivity (Wildman–Crippen MR) is 125 cm³/mol. The van der Waals surface area contributed by atoms with Gasteiger partial charge in [-0.05, 0) is 72.5 Å². The van der Waals surface area contributed by atoms with Crippen LogP contribution in [0.2, 0.25) is 0 Å². The summed E-state index contributed by atoms with van der Waals surface area (Å²) in [5, 5.41) is 19.7. The van der Waals surface area contributed by atoms with Crippen LogP contribution in [0.4, 0.5) is 5.82 Å². The molecule has 12 heteroatoms. The molecule has 0 aliphatic carbocycles. The Kier molecular flexibility index (Phi) is 7.81. The molecule has 0 bridgehead atoms. The van der Waals surface area contributed by atoms with Crippen LogP contribution in [-0.2, 0) is 6.54 Å². The Morgan fingerprint density at radius 3 is 2.74 bits per heavy atom. The van der Waals surface area contributed by atoms with Crippen molar-refractivity contribution in [2.24, 2.45) is 5.10 Å². The molecule has 34 heavy (non-hydrogen) atoms. The number of ether oxygens (including phenoxy) is 1. The lowest BCUT2D eigenvalue weighted by Gasteiger charge is -2.25. The number of piperidine rings is 1. The van der Waals surface area contributed by atoms with Gasteiger partial charge in [0.05, 0.1) is 12.8 Å². The number of likely N-dealkylation sites (tertiary alicyclic amines) is 1. The standard InChI is InChI=1S/C22H29N9O3/c1-2-3-13-33-17-9-7-16(8-10-17)14-24-26-22(32)19-18(15-30-11-5-4-6-12-30)25-29-31(19)21-20(23)27-34-28-21/h7-10,14H,2-6,11-13,15H2,1H3,(H2,23,27)(H,26,32)/b24-14+. The van der Waals surface area contributed by atoms with Crippen LogP contribution in [0, 0.1) is 0 Å². The van der Waals surface area contributed by atoms with Gasteiger partial charge in [0.25, 0.3) is 5.91 Å². The molecule has 1 saturated heterocycles. The highest BCUT2D eigenvalue weighted by Gasteiger charge is 2.26. The van der Waals surface area contributed by atoms with Crippen LogP contribution in [0.25, 0.3) is 5.82 Å². The lowest BCUT2D eigenvalue weighted by molar-refractivity contribution is 0.0944. The van der Waals surface area contributed by atoms with Crippen molar-refractivity contribution in [3.8, 4) is 11.6 Å². The van der Waals surface area contributed by atoms with Crippen molar-refractivity contribution in [3.05, 3.63) is 41.2 Å². The van der Waals surface area contributed by atoms with Gasteiger partial charge in [-0.2, -0.15) is 9.78 Å². The lowest BCUT2D eigenvalue weighted by atomic mass is 10.1. The number of anilines is 1. The highest BCUT2D eigenvalue weighted by atomic mass is 16.6. The first-order valence-corrected chi connectivity index (χ1v) is 11.5. The number of unbranched alkanes of at least 4 members (excludes halogenated alkanes) is 1. The second-order valence-corrected chi connectivity index (χ2v) is 8.08. The van der Waals surface area contributed by atoms with Crippen LogP contribution in [0.15, 0.2) is 34.0 Å². The first-order valence-electron chi connectivity index (χ1n) is 11.5. The number of nitrogen functional groups attached to an aromatic ring is 1. The highest BCUT2D eigenvalue weighted by Crippen LogP contribution is 2.19. The Hall–Kier alpha value is -3.80. The molecule has 0 atom stereocenters. The second kappa shape index (κ2) is 11.4. The van der Waals surface area contributed by atoms with E-state index in [0.29, 0.717) is 18.8 Å². The molecule has 0 unspecified atom stereocenters. The number of nitrogens with one attached hydrogen (secondary N) is 1. The number of hydrogen-bond donors (Lipinski definition) is 2. The van der Waals surface area contributed by atoms with E-state index in [1.54, 1.807) is 6.21 Å². The summed E-state index contributed by atoms with van der Waals surface area (Å²) in [7, 11) is 0. The average molecular weight is 468 g/mol. The Morgan fingerprint density at radius 2 is 2.03 bits per heavy atom. The van der Waals surface area contributed by atoms with Gasteiger partial charge in [-0.3, -0.25) is 9.69 Å². The Labute approximate surface area is 197 Å². The van der Waals surface area contributed by atoms with E-state index in [1.807, 2.05) is 24.3 Å². The summed E-state index contributed by atoms with van der Waals surface area (Å²) in [4.78, 5) is 15.3. The molecule has 3 aromatic rings. The maximum absolute atomic E-state index is 13.1. The maximum atomic E-state index is 13.1. The molecule has 0 radical (unpaired) electrons. The molecule has 180 valence electrons. The molecule has 2 aromatic heterocycles. The van der Waals surface area contributed by atoms with Crippen molar-refractivity contribution in [1.29, 1.82) is 0 Å². The van der Waals surface area contributed by atoms with E-state index in [2.05, 4.69) is 47.6 Å². The van der Waals surface area contributed by atoms with E-state index >= 15 is 0 Å². The summed E-state index contributed by atoms with van der Waals surface area (Å²) in [5.41, 5.74) is 9.88. The van der Waals surface area contributed by atoms with Gasteiger partial charge in [0.1, 0.15) is 11.4 Å². The van der Waals surface area contributed by atoms with Crippen LogP contribution in [0.5, 0.6) is 5.75 Å². The molecular formula is C22H29N9O3. The monoisotopic (exact) mass is 467 g/mol. The molecule has 1 aliphatic rings. The van der Waals surface area contributed by atoms with Gasteiger partial charge in [-0.1, -0.05) is 25.0 Å². The van der Waals surface area contributed by atoms with Gasteiger partial charge >= 0.3 is 0 Å². The molecule has 1 amide bonds. The Balaban J connectivity index is 1.47. The van der Waals surface area contributed by atoms with Crippen LogP contribution in [0.1, 0.15) is 60.8 Å². The van der Waals surface area contributed by atoms with Crippen molar-refractivity contribution in [2.45, 2.75) is 45.6 Å². The SMILES string of the molecule is CCCCOc1ccc(/C=N/NC(=O)c2c(CN3CCCCC3)nnn2-c2nonc2N)cc1. The lowest BCUT2D eigenvalue weighted by Crippen LogP contribution is -2.31. The molecule has 4 rings (SSSR count). The van der Waals surface area contributed by atoms with E-state index in [1.165, 1.54) is 11.1 Å². The summed E-state index contributed by atoms with van der Waals surface area (Å²) in [6.45, 7) is 5.17. The van der Waals surface area contributed by atoms with E-state index in [4.69, 9.17) is 10.5 Å². The third-order valence-corrected chi connectivity index (χ3v) is 5.50. The quantitative estimate of drug-likeness (QED) is 0.260. The largest absolute Gasteiger partial charge is 0.494 e. The fourth-order valence-electron chi connectivity index (χ4n) is 3.67. The zero-order valence-corrected chi connectivity index (χ0v) is 19.2. The van der Waals surface area contributed by atoms with Crippen LogP contribution < -0.4 is 15.9 Å². The average Bonchev–Trinajstić information content (AvgIpc) is 3.46. The number of hydrazone groups is 1. The van der Waals surface area contributed by atoms with Gasteiger partial charge in [-0.15, -0.1) is 5.10 Å². The zero-order chi connectivity index (χ0) is 23.8. The van der Waals surface area contributed by atoms with Gasteiger partial charge in [0.15, 0.2) is 5.69 Å². The minimum absolute atomic E-state index is 0.00761. The summed E-state index contributed by atoms with van der Waals surface area (Å²) in [6, 6.07) is 7.47. The van der Waals surface area contributed by atoms with Crippen molar-refractivity contribution in [1.82, 2.24) is 35.6 Å². The van der Waals surface area contributed by atoms with Crippen molar-refractivity contribution < 1.29 is 14.2 Å². The number of nitrogens with two attached hydrogens (primary N) is 1. The molecule has 0 saturated carbocycles. The third kappa shape index (κ3) is 5.76. The van der Waals surface area contributed by atoms with Gasteiger partial charge in [0, 0.05) is 6.54 Å². The van der Waals surface area contributed by atoms with Crippen molar-refractivity contribution in [2.75, 3.05) is 25.4 Å². The number of hydrogen-bond acceptors (Lipinski definition) is 10. The number of rotatable bonds is 10. The molecule has 1 fully saturated rings. The number of carbonyl (C=O) groups excluding carboxylic acids is 1. The number of nitrogens with zero attached hydrogens (tertiary/aromatic N) is 7. The van der Waals surface area contributed by atoms with E-state index in [0.717, 1.165) is 50.1 Å². The zero-order valence-electron chi connectivity index (χ0n) is 19.2. The fourth-order valence-corrected chi connectivity index (χ4v) is 3.67. The van der Waals surface area contributed by atoms with Crippen LogP contribution >= 0.6 is 0 Å². The Morgan fingerprint density at radius 1 is 1.24 bits per heavy atom. The molecule has 12 nitrogen and oxygen atoms in total. The molecule has 3 heterocycles. The number of carbonyl (C=O) groups is 1. The first-order chi connectivity index (χ1) is 16.7. The van der Waals surface area contributed by atoms with E-state index < -0.39 is 5.91 Å². The molecule has 1 aromatic carbocycles. The third-order valence-electron chi connectivity index (χ3n) is 5.50. The normalized spacial score (nSPS) is 14.5. The Bertz CT molecular complexity index is 1100. The van der Waals surface area contributed by atoms with Crippen LogP contribution in [0.3, 0.4) is 0 Å². The van der Waals surface area contributed by atoms with Crippen LogP contribution in [-0.4, -0.2) is 62.0 Å². The summed E-state index contributed by atoms with van der Waals surface area (Å²) >= 11 is 0. The summed E-state index contributed by atoms with van der Waals surface area (Å²) in [6.07, 6.45) is 7.08. The maximum Gasteiger partial charge on any atom is 0.292 e. The van der Waals surface area contributed by atoms with Gasteiger partial charge < -0.3 is 10.5 Å². The number of aromatic nitrogens is 5. The van der Waals surface area contributed by atoms with E-state index in [-0.39, 0.29) is 17.3 Å². The predicted octanol–water partition coefficient (Wildman–Crippen LogP) is 2.16. The fraction of sp³-hybridized carbons (Fsp3) is 0.455. The van der Waals surface area contributed by atoms with E-state index in [9.17, 15) is 4.79 Å². The minimum Gasteiger partial charge on any atom is -0.494 e. The number of amides is 1. The summed E-state index contributed by atoms with van der Waals surface area (Å²) in [5.74, 6) is 0.416. The molecule has 0 spiro atoms.